The molecule has 0 heterocycles. The number of guanidine groups is 1. The SMILES string of the molecule is CN(CC(=O)O)C(=N)N.[Ti]. The molecule has 0 rings (SSSR count). The third kappa shape index (κ3) is 5.59. The van der Waals surface area contributed by atoms with E-state index in [4.69, 9.17) is 16.2 Å². The molecule has 0 radical (unpaired) electrons. The number of carbonyl (C=O) groups is 1. The third-order valence-corrected chi connectivity index (χ3v) is 0.784. The van der Waals surface area contributed by atoms with Gasteiger partial charge in [0.25, 0.3) is 0 Å². The second-order valence-corrected chi connectivity index (χ2v) is 1.64. The van der Waals surface area contributed by atoms with Crippen LogP contribution in [-0.2, 0) is 26.5 Å². The number of nitrogens with one attached hydrogen (secondary N) is 1. The molecule has 0 saturated heterocycles. The van der Waals surface area contributed by atoms with Crippen molar-refractivity contribution in [2.75, 3.05) is 13.6 Å². The van der Waals surface area contributed by atoms with Crippen LogP contribution in [0.3, 0.4) is 0 Å². The van der Waals surface area contributed by atoms with Gasteiger partial charge in [0.15, 0.2) is 5.96 Å². The molecule has 0 saturated carbocycles. The van der Waals surface area contributed by atoms with Gasteiger partial charge in [0.05, 0.1) is 0 Å². The van der Waals surface area contributed by atoms with Crippen molar-refractivity contribution in [2.45, 2.75) is 0 Å². The monoisotopic (exact) mass is 179 g/mol. The Balaban J connectivity index is 0. The molecule has 56 valence electrons. The summed E-state index contributed by atoms with van der Waals surface area (Å²) in [6, 6.07) is 0. The van der Waals surface area contributed by atoms with E-state index in [2.05, 4.69) is 0 Å². The largest absolute Gasteiger partial charge is 0.480 e. The van der Waals surface area contributed by atoms with Gasteiger partial charge in [-0.15, -0.1) is 0 Å². The van der Waals surface area contributed by atoms with Crippen LogP contribution >= 0.6 is 0 Å². The molecule has 0 bridgehead atoms. The minimum Gasteiger partial charge on any atom is -0.480 e. The Morgan fingerprint density at radius 2 is 2.20 bits per heavy atom. The molecule has 0 aliphatic rings. The Bertz CT molecular complexity index is 138. The molecule has 0 aromatic carbocycles. The van der Waals surface area contributed by atoms with Crippen molar-refractivity contribution in [1.29, 1.82) is 5.41 Å². The maximum Gasteiger partial charge on any atom is 0.323 e. The molecule has 10 heavy (non-hydrogen) atoms. The van der Waals surface area contributed by atoms with E-state index in [-0.39, 0.29) is 34.2 Å². The summed E-state index contributed by atoms with van der Waals surface area (Å²) in [5, 5.41) is 14.9. The van der Waals surface area contributed by atoms with Crippen molar-refractivity contribution in [3.8, 4) is 0 Å². The smallest absolute Gasteiger partial charge is 0.323 e. The van der Waals surface area contributed by atoms with Gasteiger partial charge in [-0.1, -0.05) is 0 Å². The van der Waals surface area contributed by atoms with E-state index in [1.807, 2.05) is 0 Å². The Labute approximate surface area is 73.6 Å². The molecule has 0 aliphatic carbocycles. The maximum atomic E-state index is 9.92. The zero-order valence-electron chi connectivity index (χ0n) is 5.59. The van der Waals surface area contributed by atoms with Crippen LogP contribution in [0.4, 0.5) is 0 Å². The average Bonchev–Trinajstić information content (AvgIpc) is 1.63. The van der Waals surface area contributed by atoms with E-state index in [1.165, 1.54) is 7.05 Å². The standard InChI is InChI=1S/C4H9N3O2.Ti/c1-7(4(5)6)2-3(8)9;/h2H2,1H3,(H3,5,6)(H,8,9);. The topological polar surface area (TPSA) is 90.4 Å². The van der Waals surface area contributed by atoms with Crippen LogP contribution in [-0.4, -0.2) is 35.5 Å². The molecular weight excluding hydrogens is 170 g/mol. The number of aliphatic carboxylic acids is 1. The average molecular weight is 179 g/mol. The van der Waals surface area contributed by atoms with Gasteiger partial charge in [0.2, 0.25) is 0 Å². The maximum absolute atomic E-state index is 9.92. The Hall–Kier alpha value is -0.546. The number of hydrogen-bond acceptors (Lipinski definition) is 2. The molecule has 0 aromatic heterocycles. The Morgan fingerprint density at radius 1 is 1.80 bits per heavy atom. The fourth-order valence-corrected chi connectivity index (χ4v) is 0.288. The van der Waals surface area contributed by atoms with Crippen molar-refractivity contribution in [3.05, 3.63) is 0 Å². The first-order valence-corrected chi connectivity index (χ1v) is 2.31. The molecule has 0 unspecified atom stereocenters. The fraction of sp³-hybridized carbons (Fsp3) is 0.500. The minimum atomic E-state index is -0.993. The van der Waals surface area contributed by atoms with E-state index in [0.717, 1.165) is 4.90 Å². The van der Waals surface area contributed by atoms with Crippen molar-refractivity contribution in [2.24, 2.45) is 5.73 Å². The number of carboxylic acids is 1. The van der Waals surface area contributed by atoms with Gasteiger partial charge in [0, 0.05) is 28.8 Å². The number of nitrogens with zero attached hydrogens (tertiary/aromatic N) is 1. The van der Waals surface area contributed by atoms with Crippen LogP contribution in [0.5, 0.6) is 0 Å². The summed E-state index contributed by atoms with van der Waals surface area (Å²) in [7, 11) is 1.44. The van der Waals surface area contributed by atoms with E-state index >= 15 is 0 Å². The number of carboxylic acid groups (broad SMARTS) is 1. The van der Waals surface area contributed by atoms with Crippen LogP contribution < -0.4 is 5.73 Å². The number of rotatable bonds is 2. The van der Waals surface area contributed by atoms with Crippen LogP contribution in [0.2, 0.25) is 0 Å². The van der Waals surface area contributed by atoms with Gasteiger partial charge in [0.1, 0.15) is 6.54 Å². The fourth-order valence-electron chi connectivity index (χ4n) is 0.288. The van der Waals surface area contributed by atoms with Crippen molar-refractivity contribution < 1.29 is 31.6 Å². The van der Waals surface area contributed by atoms with Crippen LogP contribution in [0.1, 0.15) is 0 Å². The molecule has 4 N–H and O–H groups in total. The van der Waals surface area contributed by atoms with E-state index in [9.17, 15) is 4.79 Å². The molecule has 0 aromatic rings. The van der Waals surface area contributed by atoms with Crippen molar-refractivity contribution >= 4 is 11.9 Å². The zero-order valence-corrected chi connectivity index (χ0v) is 7.15. The Kier molecular flexibility index (Phi) is 6.39. The normalized spacial score (nSPS) is 7.70. The third-order valence-electron chi connectivity index (χ3n) is 0.784. The number of nitrogens with two attached hydrogens (primary N) is 1. The van der Waals surface area contributed by atoms with Gasteiger partial charge in [-0.25, -0.2) is 0 Å². The first-order chi connectivity index (χ1) is 4.04. The first kappa shape index (κ1) is 12.2. The quantitative estimate of drug-likeness (QED) is 0.285. The molecule has 0 spiro atoms. The minimum absolute atomic E-state index is 0. The second kappa shape index (κ2) is 5.26. The molecule has 0 atom stereocenters. The van der Waals surface area contributed by atoms with Gasteiger partial charge >= 0.3 is 5.97 Å². The van der Waals surface area contributed by atoms with Crippen LogP contribution in [0.25, 0.3) is 0 Å². The van der Waals surface area contributed by atoms with Gasteiger partial charge in [-0.2, -0.15) is 0 Å². The summed E-state index contributed by atoms with van der Waals surface area (Å²) in [5.41, 5.74) is 4.93. The molecule has 0 fully saturated rings. The van der Waals surface area contributed by atoms with Crippen LogP contribution in [0.15, 0.2) is 0 Å². The predicted octanol–water partition coefficient (Wildman–Crippen LogP) is -1.11. The van der Waals surface area contributed by atoms with Crippen LogP contribution in [0, 0.1) is 5.41 Å². The predicted molar refractivity (Wildman–Crippen MR) is 32.2 cm³/mol. The number of likely N-dealkylation sites (N-methyl/N-ethyl adjacent to an activating group) is 1. The second-order valence-electron chi connectivity index (χ2n) is 1.64. The van der Waals surface area contributed by atoms with Crippen molar-refractivity contribution in [1.82, 2.24) is 4.90 Å². The van der Waals surface area contributed by atoms with E-state index < -0.39 is 5.97 Å². The van der Waals surface area contributed by atoms with E-state index in [1.54, 1.807) is 0 Å². The molecule has 0 aliphatic heterocycles. The summed E-state index contributed by atoms with van der Waals surface area (Å²) in [4.78, 5) is 11.0. The summed E-state index contributed by atoms with van der Waals surface area (Å²) >= 11 is 0. The van der Waals surface area contributed by atoms with Gasteiger partial charge < -0.3 is 15.7 Å². The summed E-state index contributed by atoms with van der Waals surface area (Å²) in [5.74, 6) is -1.23. The van der Waals surface area contributed by atoms with E-state index in [0.29, 0.717) is 0 Å². The zero-order chi connectivity index (χ0) is 7.44. The molecule has 6 heteroatoms. The Morgan fingerprint density at radius 3 is 2.30 bits per heavy atom. The van der Waals surface area contributed by atoms with Crippen molar-refractivity contribution in [3.63, 3.8) is 0 Å². The molecule has 0 amide bonds. The van der Waals surface area contributed by atoms with Gasteiger partial charge in [-0.3, -0.25) is 10.2 Å². The summed E-state index contributed by atoms with van der Waals surface area (Å²) < 4.78 is 0. The number of hydrogen-bond donors (Lipinski definition) is 3. The molecule has 5 nitrogen and oxygen atoms in total. The van der Waals surface area contributed by atoms with Gasteiger partial charge in [-0.05, 0) is 0 Å². The molecular formula is C4H9N3O2Ti. The summed E-state index contributed by atoms with van der Waals surface area (Å²) in [6.07, 6.45) is 0. The summed E-state index contributed by atoms with van der Waals surface area (Å²) in [6.45, 7) is -0.227. The first-order valence-electron chi connectivity index (χ1n) is 2.31.